The predicted octanol–water partition coefficient (Wildman–Crippen LogP) is 3.83. The van der Waals surface area contributed by atoms with Crippen molar-refractivity contribution in [3.63, 3.8) is 0 Å². The van der Waals surface area contributed by atoms with Crippen molar-refractivity contribution in [2.75, 3.05) is 23.7 Å². The number of likely N-dealkylation sites (tertiary alicyclic amines) is 1. The highest BCUT2D eigenvalue weighted by Gasteiger charge is 2.33. The van der Waals surface area contributed by atoms with E-state index in [4.69, 9.17) is 0 Å². The van der Waals surface area contributed by atoms with Crippen LogP contribution in [-0.4, -0.2) is 35.7 Å². The maximum atomic E-state index is 12.5. The summed E-state index contributed by atoms with van der Waals surface area (Å²) in [7, 11) is 0. The van der Waals surface area contributed by atoms with Crippen LogP contribution in [0.1, 0.15) is 42.1 Å². The molecule has 0 radical (unpaired) electrons. The standard InChI is InChI=1S/C23H27N3O3/c1-3-4-13-26-15-18(14-21(26)27)23(29)25-20-11-7-17(8-12-20)22(28)24-19-9-5-16(2)6-10-19/h5-12,18H,3-4,13-15H2,1-2H3,(H,24,28)(H,25,29)/t18-/m1/s1. The second kappa shape index (κ2) is 9.37. The Morgan fingerprint density at radius 1 is 1.00 bits per heavy atom. The molecular formula is C23H27N3O3. The van der Waals surface area contributed by atoms with Gasteiger partial charge >= 0.3 is 0 Å². The third-order valence-corrected chi connectivity index (χ3v) is 5.09. The Hall–Kier alpha value is -3.15. The van der Waals surface area contributed by atoms with Crippen LogP contribution in [0.3, 0.4) is 0 Å². The van der Waals surface area contributed by atoms with E-state index in [1.54, 1.807) is 29.2 Å². The number of amides is 3. The summed E-state index contributed by atoms with van der Waals surface area (Å²) in [6, 6.07) is 14.3. The van der Waals surface area contributed by atoms with Crippen LogP contribution in [-0.2, 0) is 9.59 Å². The van der Waals surface area contributed by atoms with Gasteiger partial charge in [-0.25, -0.2) is 0 Å². The van der Waals surface area contributed by atoms with Crippen LogP contribution in [0.25, 0.3) is 0 Å². The van der Waals surface area contributed by atoms with Gasteiger partial charge in [0, 0.05) is 36.4 Å². The highest BCUT2D eigenvalue weighted by molar-refractivity contribution is 6.04. The van der Waals surface area contributed by atoms with E-state index >= 15 is 0 Å². The van der Waals surface area contributed by atoms with Gasteiger partial charge in [-0.15, -0.1) is 0 Å². The Morgan fingerprint density at radius 3 is 2.28 bits per heavy atom. The predicted molar refractivity (Wildman–Crippen MR) is 114 cm³/mol. The van der Waals surface area contributed by atoms with Crippen molar-refractivity contribution >= 4 is 29.1 Å². The van der Waals surface area contributed by atoms with Crippen molar-refractivity contribution in [3.8, 4) is 0 Å². The number of hydrogen-bond acceptors (Lipinski definition) is 3. The average Bonchev–Trinajstić information content (AvgIpc) is 3.09. The van der Waals surface area contributed by atoms with Gasteiger partial charge in [0.1, 0.15) is 0 Å². The fourth-order valence-corrected chi connectivity index (χ4v) is 3.30. The van der Waals surface area contributed by atoms with Crippen molar-refractivity contribution in [1.29, 1.82) is 0 Å². The molecular weight excluding hydrogens is 366 g/mol. The van der Waals surface area contributed by atoms with Crippen molar-refractivity contribution in [3.05, 3.63) is 59.7 Å². The number of benzene rings is 2. The number of carbonyl (C=O) groups is 3. The van der Waals surface area contributed by atoms with Crippen molar-refractivity contribution in [1.82, 2.24) is 4.90 Å². The second-order valence-electron chi connectivity index (χ2n) is 7.48. The minimum atomic E-state index is -0.330. The Labute approximate surface area is 171 Å². The Bertz CT molecular complexity index is 875. The van der Waals surface area contributed by atoms with Gasteiger partial charge in [-0.1, -0.05) is 31.0 Å². The highest BCUT2D eigenvalue weighted by atomic mass is 16.2. The fourth-order valence-electron chi connectivity index (χ4n) is 3.30. The van der Waals surface area contributed by atoms with Gasteiger partial charge < -0.3 is 15.5 Å². The van der Waals surface area contributed by atoms with Crippen molar-refractivity contribution in [2.24, 2.45) is 5.92 Å². The molecule has 0 aliphatic carbocycles. The number of nitrogens with zero attached hydrogens (tertiary/aromatic N) is 1. The molecule has 152 valence electrons. The molecule has 0 bridgehead atoms. The van der Waals surface area contributed by atoms with Gasteiger partial charge in [0.2, 0.25) is 11.8 Å². The number of hydrogen-bond donors (Lipinski definition) is 2. The first-order valence-corrected chi connectivity index (χ1v) is 10.0. The summed E-state index contributed by atoms with van der Waals surface area (Å²) in [6.45, 7) is 5.25. The van der Waals surface area contributed by atoms with E-state index in [1.165, 1.54) is 0 Å². The molecule has 2 aromatic carbocycles. The van der Waals surface area contributed by atoms with Gasteiger partial charge in [-0.05, 0) is 49.7 Å². The second-order valence-corrected chi connectivity index (χ2v) is 7.48. The lowest BCUT2D eigenvalue weighted by Crippen LogP contribution is -2.29. The zero-order chi connectivity index (χ0) is 20.8. The number of anilines is 2. The van der Waals surface area contributed by atoms with E-state index in [9.17, 15) is 14.4 Å². The minimum Gasteiger partial charge on any atom is -0.342 e. The van der Waals surface area contributed by atoms with E-state index in [0.29, 0.717) is 24.3 Å². The molecule has 3 amide bonds. The van der Waals surface area contributed by atoms with Gasteiger partial charge in [0.15, 0.2) is 0 Å². The summed E-state index contributed by atoms with van der Waals surface area (Å²) < 4.78 is 0. The molecule has 0 saturated carbocycles. The van der Waals surface area contributed by atoms with Gasteiger partial charge in [-0.2, -0.15) is 0 Å². The molecule has 29 heavy (non-hydrogen) atoms. The van der Waals surface area contributed by atoms with Crippen LogP contribution < -0.4 is 10.6 Å². The van der Waals surface area contributed by atoms with Crippen LogP contribution >= 0.6 is 0 Å². The maximum absolute atomic E-state index is 12.5. The largest absolute Gasteiger partial charge is 0.342 e. The van der Waals surface area contributed by atoms with Crippen LogP contribution in [0, 0.1) is 12.8 Å². The molecule has 6 nitrogen and oxygen atoms in total. The van der Waals surface area contributed by atoms with E-state index < -0.39 is 0 Å². The molecule has 1 heterocycles. The summed E-state index contributed by atoms with van der Waals surface area (Å²) in [5, 5.41) is 5.70. The van der Waals surface area contributed by atoms with Gasteiger partial charge in [0.25, 0.3) is 5.91 Å². The van der Waals surface area contributed by atoms with E-state index in [2.05, 4.69) is 17.6 Å². The number of unbranched alkanes of at least 4 members (excludes halogenated alkanes) is 1. The third kappa shape index (κ3) is 5.44. The molecule has 0 unspecified atom stereocenters. The zero-order valence-corrected chi connectivity index (χ0v) is 16.9. The molecule has 1 saturated heterocycles. The van der Waals surface area contributed by atoms with Crippen LogP contribution in [0.4, 0.5) is 11.4 Å². The molecule has 2 N–H and O–H groups in total. The maximum Gasteiger partial charge on any atom is 0.255 e. The Balaban J connectivity index is 1.55. The monoisotopic (exact) mass is 393 g/mol. The third-order valence-electron chi connectivity index (χ3n) is 5.09. The Morgan fingerprint density at radius 2 is 1.62 bits per heavy atom. The van der Waals surface area contributed by atoms with Crippen molar-refractivity contribution in [2.45, 2.75) is 33.1 Å². The van der Waals surface area contributed by atoms with Crippen LogP contribution in [0.2, 0.25) is 0 Å². The first kappa shape index (κ1) is 20.6. The smallest absolute Gasteiger partial charge is 0.255 e. The van der Waals surface area contributed by atoms with Crippen LogP contribution in [0.15, 0.2) is 48.5 Å². The molecule has 0 aromatic heterocycles. The number of rotatable bonds is 7. The SMILES string of the molecule is CCCCN1C[C@H](C(=O)Nc2ccc(C(=O)Nc3ccc(C)cc3)cc2)CC1=O. The zero-order valence-electron chi connectivity index (χ0n) is 16.9. The molecule has 1 aliphatic heterocycles. The van der Waals surface area contributed by atoms with Crippen LogP contribution in [0.5, 0.6) is 0 Å². The first-order valence-electron chi connectivity index (χ1n) is 10.0. The normalized spacial score (nSPS) is 16.0. The summed E-state index contributed by atoms with van der Waals surface area (Å²) in [5.41, 5.74) is 2.98. The lowest BCUT2D eigenvalue weighted by Gasteiger charge is -2.16. The molecule has 1 fully saturated rings. The number of nitrogens with one attached hydrogen (secondary N) is 2. The summed E-state index contributed by atoms with van der Waals surface area (Å²) in [5.74, 6) is -0.653. The number of aryl methyl sites for hydroxylation is 1. The quantitative estimate of drug-likeness (QED) is 0.750. The lowest BCUT2D eigenvalue weighted by atomic mass is 10.1. The fraction of sp³-hybridized carbons (Fsp3) is 0.348. The topological polar surface area (TPSA) is 78.5 Å². The molecule has 0 spiro atoms. The van der Waals surface area contributed by atoms with E-state index in [1.807, 2.05) is 31.2 Å². The van der Waals surface area contributed by atoms with Crippen molar-refractivity contribution < 1.29 is 14.4 Å². The van der Waals surface area contributed by atoms with Gasteiger partial charge in [0.05, 0.1) is 5.92 Å². The number of carbonyl (C=O) groups excluding carboxylic acids is 3. The molecule has 3 rings (SSSR count). The summed E-state index contributed by atoms with van der Waals surface area (Å²) >= 11 is 0. The Kier molecular flexibility index (Phi) is 6.65. The first-order chi connectivity index (χ1) is 14.0. The minimum absolute atomic E-state index is 0.0433. The average molecular weight is 393 g/mol. The molecule has 1 atom stereocenters. The molecule has 1 aliphatic rings. The highest BCUT2D eigenvalue weighted by Crippen LogP contribution is 2.21. The molecule has 6 heteroatoms. The lowest BCUT2D eigenvalue weighted by molar-refractivity contribution is -0.128. The molecule has 2 aromatic rings. The summed E-state index contributed by atoms with van der Waals surface area (Å²) in [6.07, 6.45) is 2.23. The van der Waals surface area contributed by atoms with Gasteiger partial charge in [-0.3, -0.25) is 14.4 Å². The van der Waals surface area contributed by atoms with E-state index in [-0.39, 0.29) is 30.1 Å². The van der Waals surface area contributed by atoms with E-state index in [0.717, 1.165) is 24.1 Å². The summed E-state index contributed by atoms with van der Waals surface area (Å²) in [4.78, 5) is 38.7.